The Morgan fingerprint density at radius 3 is 1.97 bits per heavy atom. The summed E-state index contributed by atoms with van der Waals surface area (Å²) in [6.07, 6.45) is 0.345. The predicted molar refractivity (Wildman–Crippen MR) is 269 cm³/mol. The number of nitrogens with one attached hydrogen (secondary N) is 3. The molecule has 368 valence electrons. The molecule has 0 aliphatic heterocycles. The normalized spacial score (nSPS) is 12.6. The molecule has 0 radical (unpaired) electrons. The van der Waals surface area contributed by atoms with Crippen molar-refractivity contribution in [3.8, 4) is 11.6 Å². The summed E-state index contributed by atoms with van der Waals surface area (Å²) in [7, 11) is -12.5. The lowest BCUT2D eigenvalue weighted by Gasteiger charge is -2.17. The van der Waals surface area contributed by atoms with E-state index in [-0.39, 0.29) is 65.1 Å². The monoisotopic (exact) mass is 1090 g/mol. The first-order valence-corrected chi connectivity index (χ1v) is 28.9. The molecule has 0 spiro atoms. The standard InChI is InChI=1S/C39H46Cl2N10O11S6/c1-23-19-30(41)32(21-29(23)40)51-36(53)34(25(3)50-51)49-48-31-11-10-28(18-24(31)2)44-38-45-37(46-39(47-38)65-14-7-17-68(60,61)62)43-27-9-4-8-26(20-27)42-35(52)33(64-13-6-16-67(57,58)59)22-63-12-5-15-66(54,55)56/h4,8-11,18-21,33,53H,5-7,12-17,22H2,1-3H3,(H,42,52)(H,54,55,56)(H,57,58,59)(H,60,61,62)(H2,43,44,45,46,47). The topological polar surface area (TPSA) is 318 Å². The molecule has 29 heteroatoms. The van der Waals surface area contributed by atoms with Crippen molar-refractivity contribution in [2.45, 2.75) is 50.4 Å². The molecule has 0 aliphatic carbocycles. The Kier molecular flexibility index (Phi) is 19.7. The number of aromatic hydroxyl groups is 1. The Balaban J connectivity index is 1.32. The van der Waals surface area contributed by atoms with Crippen molar-refractivity contribution in [2.75, 3.05) is 56.2 Å². The lowest BCUT2D eigenvalue weighted by atomic mass is 10.2. The third kappa shape index (κ3) is 17.9. The van der Waals surface area contributed by atoms with Crippen LogP contribution in [0, 0.1) is 20.8 Å². The zero-order chi connectivity index (χ0) is 49.8. The third-order valence-electron chi connectivity index (χ3n) is 9.07. The van der Waals surface area contributed by atoms with Crippen LogP contribution < -0.4 is 16.0 Å². The molecule has 68 heavy (non-hydrogen) atoms. The second-order valence-electron chi connectivity index (χ2n) is 14.7. The van der Waals surface area contributed by atoms with E-state index < -0.39 is 58.8 Å². The molecule has 21 nitrogen and oxygen atoms in total. The average molecular weight is 1090 g/mol. The molecule has 0 saturated carbocycles. The van der Waals surface area contributed by atoms with Gasteiger partial charge in [0.15, 0.2) is 10.8 Å². The maximum atomic E-state index is 13.5. The van der Waals surface area contributed by atoms with E-state index in [1.165, 1.54) is 28.2 Å². The molecule has 2 aromatic heterocycles. The number of halogens is 2. The van der Waals surface area contributed by atoms with Crippen molar-refractivity contribution in [3.05, 3.63) is 81.5 Å². The minimum Gasteiger partial charge on any atom is -0.492 e. The Hall–Kier alpha value is -4.29. The lowest BCUT2D eigenvalue weighted by Crippen LogP contribution is -2.28. The molecule has 0 saturated heterocycles. The van der Waals surface area contributed by atoms with Gasteiger partial charge in [-0.05, 0) is 111 Å². The van der Waals surface area contributed by atoms with Crippen molar-refractivity contribution in [2.24, 2.45) is 10.2 Å². The minimum atomic E-state index is -4.19. The van der Waals surface area contributed by atoms with Crippen LogP contribution in [0.15, 0.2) is 70.0 Å². The number of aryl methyl sites for hydroxylation is 3. The quantitative estimate of drug-likeness (QED) is 0.0124. The number of azo groups is 1. The van der Waals surface area contributed by atoms with Gasteiger partial charge in [-0.25, -0.2) is 0 Å². The smallest absolute Gasteiger partial charge is 0.264 e. The first-order chi connectivity index (χ1) is 31.9. The molecule has 5 rings (SSSR count). The molecule has 2 heterocycles. The number of hydrogen-bond donors (Lipinski definition) is 7. The highest BCUT2D eigenvalue weighted by Gasteiger charge is 2.22. The Morgan fingerprint density at radius 2 is 1.34 bits per heavy atom. The highest BCUT2D eigenvalue weighted by Crippen LogP contribution is 2.38. The fourth-order valence-electron chi connectivity index (χ4n) is 5.83. The molecule has 1 unspecified atom stereocenters. The Labute approximate surface area is 415 Å². The van der Waals surface area contributed by atoms with Crippen molar-refractivity contribution < 1.29 is 48.8 Å². The summed E-state index contributed by atoms with van der Waals surface area (Å²) >= 11 is 16.3. The van der Waals surface area contributed by atoms with Crippen LogP contribution in [0.25, 0.3) is 5.69 Å². The minimum absolute atomic E-state index is 0.0730. The van der Waals surface area contributed by atoms with Gasteiger partial charge in [0.05, 0.1) is 44.6 Å². The van der Waals surface area contributed by atoms with Crippen molar-refractivity contribution >= 4 is 135 Å². The number of amides is 1. The maximum absolute atomic E-state index is 13.5. The number of rotatable bonds is 25. The van der Waals surface area contributed by atoms with Gasteiger partial charge in [-0.2, -0.15) is 66.9 Å². The first-order valence-electron chi connectivity index (χ1n) is 20.1. The predicted octanol–water partition coefficient (Wildman–Crippen LogP) is 8.60. The Morgan fingerprint density at radius 1 is 0.735 bits per heavy atom. The van der Waals surface area contributed by atoms with Crippen LogP contribution in [0.3, 0.4) is 0 Å². The van der Waals surface area contributed by atoms with E-state index in [1.54, 1.807) is 75.4 Å². The molecule has 3 aromatic carbocycles. The number of aromatic nitrogens is 5. The van der Waals surface area contributed by atoms with Crippen molar-refractivity contribution in [1.82, 2.24) is 24.7 Å². The number of anilines is 5. The number of thioether (sulfide) groups is 3. The van der Waals surface area contributed by atoms with E-state index in [0.29, 0.717) is 55.5 Å². The van der Waals surface area contributed by atoms with Gasteiger partial charge < -0.3 is 21.1 Å². The van der Waals surface area contributed by atoms with E-state index in [9.17, 15) is 39.7 Å². The van der Waals surface area contributed by atoms with Gasteiger partial charge in [-0.15, -0.1) is 16.9 Å². The molecule has 5 aromatic rings. The first kappa shape index (κ1) is 54.6. The number of carbonyl (C=O) groups is 1. The summed E-state index contributed by atoms with van der Waals surface area (Å²) in [6, 6.07) is 15.0. The maximum Gasteiger partial charge on any atom is 0.264 e. The molecule has 1 amide bonds. The fourth-order valence-corrected chi connectivity index (χ4v) is 11.5. The summed E-state index contributed by atoms with van der Waals surface area (Å²) < 4.78 is 95.9. The van der Waals surface area contributed by atoms with Gasteiger partial charge in [0.1, 0.15) is 0 Å². The van der Waals surface area contributed by atoms with Gasteiger partial charge >= 0.3 is 0 Å². The van der Waals surface area contributed by atoms with E-state index in [4.69, 9.17) is 32.3 Å². The molecule has 0 fully saturated rings. The highest BCUT2D eigenvalue weighted by molar-refractivity contribution is 8.04. The number of hydrogen-bond acceptors (Lipinski definition) is 19. The Bertz CT molecular complexity index is 2990. The fraction of sp³-hybridized carbons (Fsp3) is 0.359. The van der Waals surface area contributed by atoms with E-state index in [2.05, 4.69) is 46.2 Å². The van der Waals surface area contributed by atoms with E-state index in [0.717, 1.165) is 17.3 Å². The summed E-state index contributed by atoms with van der Waals surface area (Å²) in [5, 5.41) is 33.4. The number of nitrogens with zero attached hydrogens (tertiary/aromatic N) is 7. The summed E-state index contributed by atoms with van der Waals surface area (Å²) in [6.45, 7) is 5.26. The summed E-state index contributed by atoms with van der Waals surface area (Å²) in [4.78, 5) is 27.0. The second kappa shape index (κ2) is 24.5. The van der Waals surface area contributed by atoms with E-state index in [1.807, 2.05) is 0 Å². The van der Waals surface area contributed by atoms with Gasteiger partial charge in [-0.3, -0.25) is 18.5 Å². The third-order valence-corrected chi connectivity index (χ3v) is 15.8. The summed E-state index contributed by atoms with van der Waals surface area (Å²) in [5.41, 5.74) is 4.14. The van der Waals surface area contributed by atoms with Crippen LogP contribution >= 0.6 is 58.5 Å². The second-order valence-corrected chi connectivity index (χ2v) is 23.8. The number of benzene rings is 3. The zero-order valence-electron chi connectivity index (χ0n) is 36.3. The molecule has 0 aliphatic rings. The van der Waals surface area contributed by atoms with Gasteiger partial charge in [0.2, 0.25) is 23.7 Å². The summed E-state index contributed by atoms with van der Waals surface area (Å²) in [5.74, 6) is -0.877. The average Bonchev–Trinajstić information content (AvgIpc) is 3.51. The molecule has 0 bridgehead atoms. The molecule has 1 atom stereocenters. The molecular formula is C39H46Cl2N10O11S6. The van der Waals surface area contributed by atoms with Gasteiger partial charge in [0.25, 0.3) is 30.4 Å². The largest absolute Gasteiger partial charge is 0.492 e. The molecule has 7 N–H and O–H groups in total. The van der Waals surface area contributed by atoms with Crippen LogP contribution in [0.4, 0.5) is 40.3 Å². The van der Waals surface area contributed by atoms with Crippen LogP contribution in [-0.2, 0) is 35.1 Å². The highest BCUT2D eigenvalue weighted by atomic mass is 35.5. The number of carbonyl (C=O) groups excluding carboxylic acids is 1. The van der Waals surface area contributed by atoms with E-state index >= 15 is 0 Å². The molecular weight excluding hydrogens is 1050 g/mol. The van der Waals surface area contributed by atoms with Crippen LogP contribution in [0.1, 0.15) is 36.1 Å². The van der Waals surface area contributed by atoms with Gasteiger partial charge in [-0.1, -0.05) is 41.0 Å². The van der Waals surface area contributed by atoms with Gasteiger partial charge in [0, 0.05) is 33.6 Å². The van der Waals surface area contributed by atoms with Crippen LogP contribution in [0.2, 0.25) is 10.0 Å². The zero-order valence-corrected chi connectivity index (χ0v) is 42.7. The lowest BCUT2D eigenvalue weighted by molar-refractivity contribution is -0.115. The van der Waals surface area contributed by atoms with Crippen LogP contribution in [-0.4, -0.2) is 120 Å². The van der Waals surface area contributed by atoms with Crippen LogP contribution in [0.5, 0.6) is 5.88 Å². The van der Waals surface area contributed by atoms with Crippen molar-refractivity contribution in [3.63, 3.8) is 0 Å². The SMILES string of the molecule is Cc1cc(Cl)c(-n2nc(C)c(N=Nc3ccc(Nc4nc(Nc5cccc(NC(=O)C(CSCCCS(=O)(=O)O)SCCCS(=O)(=O)O)c5)nc(SCCCS(=O)(=O)O)n4)cc3C)c2O)cc1Cl. The van der Waals surface area contributed by atoms with Crippen molar-refractivity contribution in [1.29, 1.82) is 0 Å².